The maximum atomic E-state index is 14.7. The normalized spacial score (nSPS) is 31.7. The molecule has 358 valence electrons. The van der Waals surface area contributed by atoms with E-state index in [4.69, 9.17) is 10.5 Å². The molecule has 2 aliphatic heterocycles. The second-order valence-electron chi connectivity index (χ2n) is 21.1. The number of ether oxygens (including phenoxy) is 1. The van der Waals surface area contributed by atoms with E-state index in [0.29, 0.717) is 111 Å². The quantitative estimate of drug-likeness (QED) is 0.0838. The van der Waals surface area contributed by atoms with Gasteiger partial charge in [-0.25, -0.2) is 0 Å². The maximum Gasteiger partial charge on any atom is 0.160 e. The number of Topliss-reactive ketones (excluding diaryl/α,β-unsaturated/α-hetero) is 2. The predicted molar refractivity (Wildman–Crippen MR) is 264 cm³/mol. The minimum atomic E-state index is -1.18. The van der Waals surface area contributed by atoms with Crippen LogP contribution in [0.4, 0.5) is 0 Å². The molecular weight excluding hydrogens is 837 g/mol. The summed E-state index contributed by atoms with van der Waals surface area (Å²) in [5.74, 6) is 10.9. The Bertz CT molecular complexity index is 2430. The van der Waals surface area contributed by atoms with E-state index in [1.807, 2.05) is 18.2 Å². The molecule has 1 spiro atoms. The number of fused-ring (bicyclic) bond motifs is 5. The third-order valence-electron chi connectivity index (χ3n) is 17.4. The molecule has 67 heavy (non-hydrogen) atoms. The summed E-state index contributed by atoms with van der Waals surface area (Å²) in [7, 11) is 1.53. The topological polar surface area (TPSA) is 166 Å². The van der Waals surface area contributed by atoms with Crippen molar-refractivity contribution in [3.63, 3.8) is 0 Å². The fourth-order valence-electron chi connectivity index (χ4n) is 13.8. The molecule has 3 aromatic carbocycles. The number of dihydropyridines is 1. The van der Waals surface area contributed by atoms with Gasteiger partial charge in [0.15, 0.2) is 17.3 Å². The first kappa shape index (κ1) is 47.4. The smallest absolute Gasteiger partial charge is 0.160 e. The highest BCUT2D eigenvalue weighted by Crippen LogP contribution is 2.53. The second kappa shape index (κ2) is 20.5. The van der Waals surface area contributed by atoms with E-state index in [9.17, 15) is 24.9 Å². The van der Waals surface area contributed by atoms with Gasteiger partial charge in [-0.05, 0) is 183 Å². The van der Waals surface area contributed by atoms with Gasteiger partial charge in [0.1, 0.15) is 11.2 Å². The van der Waals surface area contributed by atoms with Crippen LogP contribution >= 0.6 is 0 Å². The molecule has 1 saturated heterocycles. The van der Waals surface area contributed by atoms with Crippen LogP contribution in [0, 0.1) is 52.8 Å². The van der Waals surface area contributed by atoms with Crippen molar-refractivity contribution in [2.75, 3.05) is 33.3 Å². The first-order chi connectivity index (χ1) is 32.5. The van der Waals surface area contributed by atoms with Crippen molar-refractivity contribution in [2.24, 2.45) is 46.7 Å². The van der Waals surface area contributed by atoms with E-state index < -0.39 is 23.5 Å². The van der Waals surface area contributed by atoms with Crippen molar-refractivity contribution >= 4 is 22.3 Å². The molecule has 3 aromatic rings. The Balaban J connectivity index is 0.972. The Morgan fingerprint density at radius 3 is 2.60 bits per heavy atom. The molecule has 12 atom stereocenters. The molecule has 8 N–H and O–H groups in total. The lowest BCUT2D eigenvalue weighted by molar-refractivity contribution is -0.136. The number of hydrogen-bond acceptors (Lipinski definition) is 10. The molecule has 0 radical (unpaired) electrons. The summed E-state index contributed by atoms with van der Waals surface area (Å²) in [5.41, 5.74) is 10.5. The Morgan fingerprint density at radius 1 is 0.970 bits per heavy atom. The van der Waals surface area contributed by atoms with Crippen LogP contribution < -0.4 is 26.4 Å². The Morgan fingerprint density at radius 2 is 1.81 bits per heavy atom. The molecule has 4 fully saturated rings. The zero-order chi connectivity index (χ0) is 46.8. The molecule has 4 aliphatic carbocycles. The van der Waals surface area contributed by atoms with E-state index in [1.165, 1.54) is 12.7 Å². The van der Waals surface area contributed by atoms with Crippen LogP contribution in [0.1, 0.15) is 126 Å². The highest BCUT2D eigenvalue weighted by atomic mass is 16.5. The number of nitrogens with two attached hydrogens (primary N) is 1. The zero-order valence-corrected chi connectivity index (χ0v) is 40.0. The number of methoxy groups -OCH3 is 1. The highest BCUT2D eigenvalue weighted by Gasteiger charge is 2.53. The van der Waals surface area contributed by atoms with Gasteiger partial charge >= 0.3 is 0 Å². The van der Waals surface area contributed by atoms with Gasteiger partial charge in [0.05, 0.1) is 25.1 Å². The first-order valence-electron chi connectivity index (χ1n) is 25.7. The molecule has 6 aliphatic rings. The van der Waals surface area contributed by atoms with Gasteiger partial charge in [-0.1, -0.05) is 68.2 Å². The first-order valence-corrected chi connectivity index (χ1v) is 25.7. The van der Waals surface area contributed by atoms with Gasteiger partial charge < -0.3 is 41.7 Å². The molecule has 3 saturated carbocycles. The molecular formula is C57H74N4O6. The van der Waals surface area contributed by atoms with E-state index in [2.05, 4.69) is 78.0 Å². The van der Waals surface area contributed by atoms with Gasteiger partial charge in [-0.3, -0.25) is 9.59 Å². The van der Waals surface area contributed by atoms with Crippen molar-refractivity contribution < 1.29 is 29.6 Å². The van der Waals surface area contributed by atoms with E-state index in [0.717, 1.165) is 84.8 Å². The Labute approximate surface area is 398 Å². The number of aryl methyl sites for hydroxylation is 1. The molecule has 0 aromatic heterocycles. The number of aliphatic hydroxyl groups is 2. The standard InChI is InChI=1S/C57H74N4O6/c1-4-34-32-61-56(58)30-50(34)49(38-11-10-35-8-6-7-9-37(35)22-38)27-43(62)14-12-36-18-20-57(54(65)17-13-39-25-53(67-3)52(64)29-47(36)39)21-19-40(26-55(57)66)46-23-42-33-60-51-28-44(63)15-16-45(51)48(42)24-41(46)31-59-5-2/h6-11,22,25,29-30,36,40-43,45-46,48-49,51,55,59-62,64,66H,4-5,12-17,19,21,23-24,26-28,31-33,58H2,1-3H3. The van der Waals surface area contributed by atoms with Crippen LogP contribution in [0.15, 0.2) is 77.6 Å². The minimum Gasteiger partial charge on any atom is -0.504 e. The molecule has 9 rings (SSSR count). The van der Waals surface area contributed by atoms with Crippen LogP contribution in [0.2, 0.25) is 0 Å². The van der Waals surface area contributed by atoms with Gasteiger partial charge in [0, 0.05) is 43.7 Å². The molecule has 12 unspecified atom stereocenters. The predicted octanol–water partition coefficient (Wildman–Crippen LogP) is 7.94. The number of phenols is 1. The molecule has 10 heteroatoms. The summed E-state index contributed by atoms with van der Waals surface area (Å²) in [4.78, 5) is 27.1. The van der Waals surface area contributed by atoms with Crippen molar-refractivity contribution in [2.45, 2.75) is 134 Å². The SMILES string of the molecule is CCNCC1CC2C(CNC3CC(=O)CCC32)CC1C1CCC2(C#CC(CCC(O)CC(C3=C(CC)CNC(N)=C3)c3ccc4ccccc4c3)c3cc(O)c(OC)cc3CCC2=O)C(O)C1. The summed E-state index contributed by atoms with van der Waals surface area (Å²) < 4.78 is 5.57. The number of rotatable bonds is 13. The number of hydrogen-bond donors (Lipinski definition) is 7. The third-order valence-corrected chi connectivity index (χ3v) is 17.4. The lowest BCUT2D eigenvalue weighted by Crippen LogP contribution is -2.57. The fourth-order valence-corrected chi connectivity index (χ4v) is 13.8. The van der Waals surface area contributed by atoms with Crippen LogP contribution in [0.3, 0.4) is 0 Å². The van der Waals surface area contributed by atoms with Crippen LogP contribution in [-0.4, -0.2) is 78.4 Å². The summed E-state index contributed by atoms with van der Waals surface area (Å²) in [6.07, 6.45) is 9.93. The summed E-state index contributed by atoms with van der Waals surface area (Å²) in [6.45, 7) is 7.82. The van der Waals surface area contributed by atoms with E-state index >= 15 is 0 Å². The van der Waals surface area contributed by atoms with Crippen LogP contribution in [0.5, 0.6) is 11.5 Å². The van der Waals surface area contributed by atoms with Crippen molar-refractivity contribution in [3.8, 4) is 23.3 Å². The Kier molecular flexibility index (Phi) is 14.5. The second-order valence-corrected chi connectivity index (χ2v) is 21.1. The van der Waals surface area contributed by atoms with Crippen molar-refractivity contribution in [3.05, 3.63) is 94.3 Å². The molecule has 0 amide bonds. The lowest BCUT2D eigenvalue weighted by Gasteiger charge is -2.54. The fraction of sp³-hybridized carbons (Fsp3) is 0.579. The van der Waals surface area contributed by atoms with E-state index in [-0.39, 0.29) is 29.8 Å². The van der Waals surface area contributed by atoms with Crippen molar-refractivity contribution in [1.29, 1.82) is 0 Å². The number of aromatic hydroxyl groups is 1. The minimum absolute atomic E-state index is 0.0144. The highest BCUT2D eigenvalue weighted by molar-refractivity contribution is 5.89. The number of phenolic OH excluding ortho intramolecular Hbond substituents is 1. The van der Waals surface area contributed by atoms with Gasteiger partial charge in [-0.2, -0.15) is 0 Å². The Hall–Kier alpha value is -4.66. The van der Waals surface area contributed by atoms with Gasteiger partial charge in [0.2, 0.25) is 0 Å². The number of carbonyl (C=O) groups excluding carboxylic acids is 2. The van der Waals surface area contributed by atoms with Crippen LogP contribution in [0.25, 0.3) is 10.8 Å². The number of piperidine rings is 1. The summed E-state index contributed by atoms with van der Waals surface area (Å²) in [6, 6.07) is 18.8. The summed E-state index contributed by atoms with van der Waals surface area (Å²) >= 11 is 0. The number of benzene rings is 3. The largest absolute Gasteiger partial charge is 0.504 e. The number of nitrogens with one attached hydrogen (secondary N) is 3. The average Bonchev–Trinajstić information content (AvgIpc) is 3.38. The van der Waals surface area contributed by atoms with Crippen molar-refractivity contribution in [1.82, 2.24) is 16.0 Å². The third kappa shape index (κ3) is 9.82. The monoisotopic (exact) mass is 911 g/mol. The van der Waals surface area contributed by atoms with Gasteiger partial charge in [0.25, 0.3) is 0 Å². The number of aliphatic hydroxyl groups excluding tert-OH is 2. The zero-order valence-electron chi connectivity index (χ0n) is 40.0. The molecule has 2 heterocycles. The number of carbonyl (C=O) groups is 2. The number of allylic oxidation sites excluding steroid dienone is 2. The average molecular weight is 911 g/mol. The summed E-state index contributed by atoms with van der Waals surface area (Å²) in [5, 5.41) is 48.8. The number of ketones is 2. The van der Waals surface area contributed by atoms with Crippen LogP contribution in [-0.2, 0) is 16.0 Å². The maximum absolute atomic E-state index is 14.7. The van der Waals surface area contributed by atoms with E-state index in [1.54, 1.807) is 6.07 Å². The molecule has 0 bridgehead atoms. The molecule has 10 nitrogen and oxygen atoms in total. The lowest BCUT2D eigenvalue weighted by atomic mass is 9.54. The van der Waals surface area contributed by atoms with Gasteiger partial charge in [-0.15, -0.1) is 0 Å².